The van der Waals surface area contributed by atoms with Crippen LogP contribution in [-0.4, -0.2) is 51.0 Å². The van der Waals surface area contributed by atoms with Gasteiger partial charge in [0.1, 0.15) is 5.82 Å². The monoisotopic (exact) mass is 349 g/mol. The van der Waals surface area contributed by atoms with E-state index in [0.29, 0.717) is 6.04 Å². The van der Waals surface area contributed by atoms with E-state index >= 15 is 0 Å². The molecule has 4 rings (SSSR count). The molecule has 1 saturated heterocycles. The van der Waals surface area contributed by atoms with Gasteiger partial charge in [-0.25, -0.2) is 14.6 Å². The van der Waals surface area contributed by atoms with Crippen molar-refractivity contribution < 1.29 is 4.74 Å². The van der Waals surface area contributed by atoms with Gasteiger partial charge in [-0.2, -0.15) is 5.10 Å². The van der Waals surface area contributed by atoms with Gasteiger partial charge in [0.05, 0.1) is 18.9 Å². The van der Waals surface area contributed by atoms with Crippen molar-refractivity contribution >= 4 is 0 Å². The van der Waals surface area contributed by atoms with E-state index in [1.807, 2.05) is 25.3 Å². The van der Waals surface area contributed by atoms with Crippen molar-refractivity contribution in [2.24, 2.45) is 0 Å². The number of benzene rings is 1. The van der Waals surface area contributed by atoms with E-state index in [0.717, 1.165) is 49.2 Å². The lowest BCUT2D eigenvalue weighted by atomic mass is 10.0. The molecule has 0 unspecified atom stereocenters. The molecule has 3 aromatic rings. The maximum Gasteiger partial charge on any atom is 0.157 e. The Bertz CT molecular complexity index is 854. The van der Waals surface area contributed by atoms with Crippen molar-refractivity contribution in [2.75, 3.05) is 26.3 Å². The summed E-state index contributed by atoms with van der Waals surface area (Å²) in [7, 11) is 0. The zero-order valence-electron chi connectivity index (χ0n) is 15.2. The number of nitrogens with zero attached hydrogens (tertiary/aromatic N) is 5. The fourth-order valence-electron chi connectivity index (χ4n) is 3.33. The molecule has 0 amide bonds. The molecule has 0 saturated carbocycles. The van der Waals surface area contributed by atoms with Crippen molar-refractivity contribution in [3.8, 4) is 17.1 Å². The minimum Gasteiger partial charge on any atom is -0.379 e. The minimum atomic E-state index is 0.389. The molecule has 134 valence electrons. The third kappa shape index (κ3) is 3.52. The van der Waals surface area contributed by atoms with Crippen LogP contribution < -0.4 is 0 Å². The largest absolute Gasteiger partial charge is 0.379 e. The number of hydrogen-bond acceptors (Lipinski definition) is 5. The van der Waals surface area contributed by atoms with Gasteiger partial charge < -0.3 is 4.74 Å². The lowest BCUT2D eigenvalue weighted by Gasteiger charge is -2.32. The average molecular weight is 349 g/mol. The summed E-state index contributed by atoms with van der Waals surface area (Å²) in [5, 5.41) is 4.26. The molecule has 1 fully saturated rings. The van der Waals surface area contributed by atoms with Crippen LogP contribution >= 0.6 is 0 Å². The van der Waals surface area contributed by atoms with Gasteiger partial charge in [0.15, 0.2) is 5.82 Å². The fraction of sp³-hybridized carbons (Fsp3) is 0.350. The third-order valence-electron chi connectivity index (χ3n) is 4.85. The Kier molecular flexibility index (Phi) is 4.77. The predicted octanol–water partition coefficient (Wildman–Crippen LogP) is 3.03. The highest BCUT2D eigenvalue weighted by atomic mass is 16.5. The standard InChI is InChI=1S/C20H23N5O/c1-15(24-10-12-26-13-11-24)17-4-6-18(7-5-17)19-14-20(23-16(2)22-19)25-9-3-8-21-25/h3-9,14-15H,10-13H2,1-2H3/t15-/m0/s1. The Labute approximate surface area is 153 Å². The van der Waals surface area contributed by atoms with Crippen molar-refractivity contribution in [3.63, 3.8) is 0 Å². The molecule has 3 heterocycles. The highest BCUT2D eigenvalue weighted by molar-refractivity contribution is 5.61. The quantitative estimate of drug-likeness (QED) is 0.725. The number of ether oxygens (including phenoxy) is 1. The number of aromatic nitrogens is 4. The summed E-state index contributed by atoms with van der Waals surface area (Å²) in [5.74, 6) is 1.52. The normalized spacial score (nSPS) is 16.5. The molecule has 1 aromatic carbocycles. The van der Waals surface area contributed by atoms with Crippen LogP contribution in [0, 0.1) is 6.92 Å². The molecule has 26 heavy (non-hydrogen) atoms. The van der Waals surface area contributed by atoms with E-state index < -0.39 is 0 Å². The van der Waals surface area contributed by atoms with Gasteiger partial charge in [0.2, 0.25) is 0 Å². The fourth-order valence-corrected chi connectivity index (χ4v) is 3.33. The van der Waals surface area contributed by atoms with Crippen molar-refractivity contribution in [1.29, 1.82) is 0 Å². The topological polar surface area (TPSA) is 56.1 Å². The Morgan fingerprint density at radius 2 is 1.85 bits per heavy atom. The Morgan fingerprint density at radius 3 is 2.54 bits per heavy atom. The summed E-state index contributed by atoms with van der Waals surface area (Å²) in [6.45, 7) is 7.77. The van der Waals surface area contributed by atoms with Crippen LogP contribution in [0.3, 0.4) is 0 Å². The van der Waals surface area contributed by atoms with E-state index in [4.69, 9.17) is 4.74 Å². The zero-order valence-corrected chi connectivity index (χ0v) is 15.2. The Balaban J connectivity index is 1.59. The van der Waals surface area contributed by atoms with E-state index in [2.05, 4.69) is 51.2 Å². The summed E-state index contributed by atoms with van der Waals surface area (Å²) < 4.78 is 7.21. The second kappa shape index (κ2) is 7.35. The van der Waals surface area contributed by atoms with Crippen molar-refractivity contribution in [2.45, 2.75) is 19.9 Å². The van der Waals surface area contributed by atoms with E-state index in [-0.39, 0.29) is 0 Å². The maximum atomic E-state index is 5.45. The molecule has 0 radical (unpaired) electrons. The van der Waals surface area contributed by atoms with Crippen LogP contribution in [0.4, 0.5) is 0 Å². The number of hydrogen-bond donors (Lipinski definition) is 0. The van der Waals surface area contributed by atoms with E-state index in [1.165, 1.54) is 5.56 Å². The molecule has 0 N–H and O–H groups in total. The first kappa shape index (κ1) is 16.9. The SMILES string of the molecule is Cc1nc(-c2ccc([C@H](C)N3CCOCC3)cc2)cc(-n2cccn2)n1. The van der Waals surface area contributed by atoms with Crippen LogP contribution in [0.2, 0.25) is 0 Å². The van der Waals surface area contributed by atoms with Crippen LogP contribution in [-0.2, 0) is 4.74 Å². The summed E-state index contributed by atoms with van der Waals surface area (Å²) in [5.41, 5.74) is 3.31. The Hall–Kier alpha value is -2.57. The Morgan fingerprint density at radius 1 is 1.08 bits per heavy atom. The predicted molar refractivity (Wildman–Crippen MR) is 100 cm³/mol. The van der Waals surface area contributed by atoms with Crippen LogP contribution in [0.5, 0.6) is 0 Å². The highest BCUT2D eigenvalue weighted by Gasteiger charge is 2.18. The van der Waals surface area contributed by atoms with Crippen molar-refractivity contribution in [3.05, 3.63) is 60.2 Å². The molecule has 1 aliphatic heterocycles. The van der Waals surface area contributed by atoms with Gasteiger partial charge in [-0.1, -0.05) is 24.3 Å². The summed E-state index contributed by atoms with van der Waals surface area (Å²) >= 11 is 0. The first-order valence-corrected chi connectivity index (χ1v) is 8.98. The summed E-state index contributed by atoms with van der Waals surface area (Å²) in [6.07, 6.45) is 3.64. The van der Waals surface area contributed by atoms with Gasteiger partial charge >= 0.3 is 0 Å². The third-order valence-corrected chi connectivity index (χ3v) is 4.85. The van der Waals surface area contributed by atoms with Crippen LogP contribution in [0.1, 0.15) is 24.4 Å². The summed E-state index contributed by atoms with van der Waals surface area (Å²) in [6, 6.07) is 12.9. The zero-order chi connectivity index (χ0) is 17.9. The lowest BCUT2D eigenvalue weighted by Crippen LogP contribution is -2.37. The number of aryl methyl sites for hydroxylation is 1. The average Bonchev–Trinajstić information content (AvgIpc) is 3.23. The van der Waals surface area contributed by atoms with Gasteiger partial charge in [-0.3, -0.25) is 4.90 Å². The molecule has 1 atom stereocenters. The van der Waals surface area contributed by atoms with Crippen LogP contribution in [0.25, 0.3) is 17.1 Å². The van der Waals surface area contributed by atoms with Gasteiger partial charge in [-0.05, 0) is 25.5 Å². The van der Waals surface area contributed by atoms with E-state index in [1.54, 1.807) is 10.9 Å². The second-order valence-electron chi connectivity index (χ2n) is 6.56. The smallest absolute Gasteiger partial charge is 0.157 e. The molecule has 1 aliphatic rings. The van der Waals surface area contributed by atoms with E-state index in [9.17, 15) is 0 Å². The molecule has 0 bridgehead atoms. The minimum absolute atomic E-state index is 0.389. The van der Waals surface area contributed by atoms with Gasteiger partial charge in [0.25, 0.3) is 0 Å². The maximum absolute atomic E-state index is 5.45. The molecular formula is C20H23N5O. The molecular weight excluding hydrogens is 326 g/mol. The number of rotatable bonds is 4. The number of morpholine rings is 1. The highest BCUT2D eigenvalue weighted by Crippen LogP contribution is 2.25. The van der Waals surface area contributed by atoms with Gasteiger partial charge in [0, 0.05) is 43.2 Å². The lowest BCUT2D eigenvalue weighted by molar-refractivity contribution is 0.0198. The van der Waals surface area contributed by atoms with Crippen molar-refractivity contribution in [1.82, 2.24) is 24.6 Å². The molecule has 2 aromatic heterocycles. The molecule has 0 spiro atoms. The summed E-state index contributed by atoms with van der Waals surface area (Å²) in [4.78, 5) is 11.5. The molecule has 6 heteroatoms. The molecule has 6 nitrogen and oxygen atoms in total. The first-order chi connectivity index (χ1) is 12.7. The first-order valence-electron chi connectivity index (χ1n) is 8.98. The molecule has 0 aliphatic carbocycles. The van der Waals surface area contributed by atoms with Crippen LogP contribution in [0.15, 0.2) is 48.8 Å². The second-order valence-corrected chi connectivity index (χ2v) is 6.56. The van der Waals surface area contributed by atoms with Gasteiger partial charge in [-0.15, -0.1) is 0 Å².